The van der Waals surface area contributed by atoms with Gasteiger partial charge in [0.1, 0.15) is 16.7 Å². The molecule has 2 amide bonds. The second-order valence-corrected chi connectivity index (χ2v) is 10.4. The Bertz CT molecular complexity index is 1990. The number of esters is 1. The van der Waals surface area contributed by atoms with Crippen LogP contribution in [0.1, 0.15) is 23.0 Å². The van der Waals surface area contributed by atoms with Crippen molar-refractivity contribution in [1.29, 1.82) is 0 Å². The second kappa shape index (κ2) is 12.4. The molecule has 0 atom stereocenters. The molecule has 2 aromatic heterocycles. The Hall–Kier alpha value is -5.42. The number of hydrogen-bond donors (Lipinski definition) is 2. The average molecular weight is 608 g/mol. The lowest BCUT2D eigenvalue weighted by Crippen LogP contribution is -2.19. The normalized spacial score (nSPS) is 11.0. The number of nitrogens with zero attached hydrogens (tertiary/aromatic N) is 3. The zero-order chi connectivity index (χ0) is 30.6. The van der Waals surface area contributed by atoms with Gasteiger partial charge in [-0.25, -0.2) is 9.59 Å². The van der Waals surface area contributed by atoms with Crippen molar-refractivity contribution in [3.8, 4) is 22.6 Å². The number of methoxy groups -OCH3 is 2. The van der Waals surface area contributed by atoms with Crippen molar-refractivity contribution >= 4 is 57.0 Å². The maximum Gasteiger partial charge on any atom is 0.355 e. The van der Waals surface area contributed by atoms with Crippen LogP contribution in [0.25, 0.3) is 33.1 Å². The van der Waals surface area contributed by atoms with Gasteiger partial charge in [0.2, 0.25) is 0 Å². The standard InChI is InChI=1S/C33H29N5O5S/c1-4-43-32(39)31-30(21-11-15-28(41-2)29(17-21)42-3)24-18-23(35-33(40)34-22-8-6-5-7-9-22)12-14-27(24)38(31)19-20-10-13-25-26(16-20)37-44-36-25/h5-18H,4,19H2,1-3H3,(H2,34,35,40). The van der Waals surface area contributed by atoms with E-state index in [4.69, 9.17) is 14.2 Å². The summed E-state index contributed by atoms with van der Waals surface area (Å²) in [5.74, 6) is 0.600. The van der Waals surface area contributed by atoms with E-state index in [1.54, 1.807) is 27.2 Å². The van der Waals surface area contributed by atoms with Crippen molar-refractivity contribution in [3.05, 3.63) is 96.2 Å². The number of carbonyl (C=O) groups is 2. The number of benzene rings is 4. The molecule has 0 unspecified atom stereocenters. The second-order valence-electron chi connectivity index (χ2n) is 9.86. The van der Waals surface area contributed by atoms with Crippen LogP contribution >= 0.6 is 11.7 Å². The number of anilines is 2. The highest BCUT2D eigenvalue weighted by molar-refractivity contribution is 7.00. The molecular formula is C33H29N5O5S. The minimum atomic E-state index is -0.471. The van der Waals surface area contributed by atoms with E-state index in [1.807, 2.05) is 83.4 Å². The van der Waals surface area contributed by atoms with Crippen molar-refractivity contribution in [2.24, 2.45) is 0 Å². The number of aromatic nitrogens is 3. The van der Waals surface area contributed by atoms with E-state index in [2.05, 4.69) is 19.4 Å². The van der Waals surface area contributed by atoms with Crippen LogP contribution in [0.4, 0.5) is 16.2 Å². The minimum Gasteiger partial charge on any atom is -0.493 e. The summed E-state index contributed by atoms with van der Waals surface area (Å²) in [6.45, 7) is 2.35. The van der Waals surface area contributed by atoms with Gasteiger partial charge in [0, 0.05) is 34.4 Å². The van der Waals surface area contributed by atoms with Gasteiger partial charge in [-0.2, -0.15) is 8.75 Å². The van der Waals surface area contributed by atoms with Crippen molar-refractivity contribution in [1.82, 2.24) is 13.3 Å². The van der Waals surface area contributed by atoms with Crippen LogP contribution in [0.5, 0.6) is 11.5 Å². The summed E-state index contributed by atoms with van der Waals surface area (Å²) in [6.07, 6.45) is 0. The maximum absolute atomic E-state index is 13.7. The lowest BCUT2D eigenvalue weighted by atomic mass is 10.0. The number of rotatable bonds is 9. The van der Waals surface area contributed by atoms with Crippen molar-refractivity contribution in [3.63, 3.8) is 0 Å². The fourth-order valence-corrected chi connectivity index (χ4v) is 5.73. The predicted molar refractivity (Wildman–Crippen MR) is 172 cm³/mol. The Morgan fingerprint density at radius 1 is 0.818 bits per heavy atom. The van der Waals surface area contributed by atoms with E-state index in [1.165, 1.54) is 0 Å². The fourth-order valence-electron chi connectivity index (χ4n) is 5.22. The van der Waals surface area contributed by atoms with E-state index in [0.717, 1.165) is 44.8 Å². The molecule has 2 heterocycles. The predicted octanol–water partition coefficient (Wildman–Crippen LogP) is 7.20. The molecule has 0 saturated heterocycles. The Morgan fingerprint density at radius 3 is 2.36 bits per heavy atom. The number of ether oxygens (including phenoxy) is 3. The molecule has 6 rings (SSSR count). The van der Waals surface area contributed by atoms with Gasteiger partial charge in [-0.3, -0.25) is 0 Å². The third kappa shape index (κ3) is 5.64. The largest absolute Gasteiger partial charge is 0.493 e. The summed E-state index contributed by atoms with van der Waals surface area (Å²) >= 11 is 1.16. The highest BCUT2D eigenvalue weighted by atomic mass is 32.1. The molecule has 0 aliphatic rings. The lowest BCUT2D eigenvalue weighted by molar-refractivity contribution is 0.0516. The third-order valence-corrected chi connectivity index (χ3v) is 7.71. The first-order chi connectivity index (χ1) is 21.5. The molecule has 0 bridgehead atoms. The Morgan fingerprint density at radius 2 is 1.59 bits per heavy atom. The van der Waals surface area contributed by atoms with E-state index >= 15 is 0 Å². The van der Waals surface area contributed by atoms with Crippen molar-refractivity contribution in [2.45, 2.75) is 13.5 Å². The SMILES string of the molecule is CCOC(=O)c1c(-c2ccc(OC)c(OC)c2)c2cc(NC(=O)Nc3ccccc3)ccc2n1Cc1ccc2nsnc2c1. The first-order valence-corrected chi connectivity index (χ1v) is 14.6. The fraction of sp³-hybridized carbons (Fsp3) is 0.152. The van der Waals surface area contributed by atoms with Gasteiger partial charge in [0.25, 0.3) is 0 Å². The van der Waals surface area contributed by atoms with Gasteiger partial charge in [-0.05, 0) is 72.6 Å². The molecule has 4 aromatic carbocycles. The van der Waals surface area contributed by atoms with E-state index < -0.39 is 12.0 Å². The summed E-state index contributed by atoms with van der Waals surface area (Å²) in [6, 6.07) is 25.7. The first kappa shape index (κ1) is 28.7. The number of fused-ring (bicyclic) bond motifs is 2. The van der Waals surface area contributed by atoms with Crippen LogP contribution in [0.2, 0.25) is 0 Å². The molecule has 0 spiro atoms. The topological polar surface area (TPSA) is 117 Å². The van der Waals surface area contributed by atoms with Gasteiger partial charge in [-0.1, -0.05) is 30.3 Å². The smallest absolute Gasteiger partial charge is 0.355 e. The summed E-state index contributed by atoms with van der Waals surface area (Å²) in [5.41, 5.74) is 6.28. The van der Waals surface area contributed by atoms with Crippen LogP contribution in [0, 0.1) is 0 Å². The van der Waals surface area contributed by atoms with Gasteiger partial charge >= 0.3 is 12.0 Å². The molecule has 0 radical (unpaired) electrons. The minimum absolute atomic E-state index is 0.203. The van der Waals surface area contributed by atoms with E-state index in [9.17, 15) is 9.59 Å². The quantitative estimate of drug-likeness (QED) is 0.167. The zero-order valence-corrected chi connectivity index (χ0v) is 25.1. The zero-order valence-electron chi connectivity index (χ0n) is 24.3. The van der Waals surface area contributed by atoms with Gasteiger partial charge in [0.15, 0.2) is 11.5 Å². The lowest BCUT2D eigenvalue weighted by Gasteiger charge is -2.13. The molecule has 0 aliphatic carbocycles. The van der Waals surface area contributed by atoms with Crippen molar-refractivity contribution in [2.75, 3.05) is 31.5 Å². The van der Waals surface area contributed by atoms with Crippen molar-refractivity contribution < 1.29 is 23.8 Å². The number of nitrogens with one attached hydrogen (secondary N) is 2. The maximum atomic E-state index is 13.7. The van der Waals surface area contributed by atoms with Gasteiger partial charge in [0.05, 0.1) is 32.6 Å². The molecule has 11 heteroatoms. The first-order valence-electron chi connectivity index (χ1n) is 13.9. The number of carbonyl (C=O) groups excluding carboxylic acids is 2. The third-order valence-electron chi connectivity index (χ3n) is 7.15. The summed E-state index contributed by atoms with van der Waals surface area (Å²) in [5, 5.41) is 6.50. The summed E-state index contributed by atoms with van der Waals surface area (Å²) in [7, 11) is 3.13. The Kier molecular flexibility index (Phi) is 8.11. The van der Waals surface area contributed by atoms with E-state index in [-0.39, 0.29) is 6.61 Å². The average Bonchev–Trinajstić information content (AvgIpc) is 3.63. The molecule has 10 nitrogen and oxygen atoms in total. The highest BCUT2D eigenvalue weighted by Gasteiger charge is 2.26. The monoisotopic (exact) mass is 607 g/mol. The number of urea groups is 1. The Balaban J connectivity index is 1.52. The molecule has 222 valence electrons. The number of amides is 2. The molecule has 0 aliphatic heterocycles. The Labute approximate surface area is 257 Å². The van der Waals surface area contributed by atoms with Crippen LogP contribution < -0.4 is 20.1 Å². The van der Waals surface area contributed by atoms with Gasteiger partial charge in [-0.15, -0.1) is 0 Å². The molecule has 44 heavy (non-hydrogen) atoms. The van der Waals surface area contributed by atoms with Crippen LogP contribution in [0.15, 0.2) is 84.9 Å². The molecule has 0 saturated carbocycles. The van der Waals surface area contributed by atoms with Crippen LogP contribution in [-0.4, -0.2) is 46.1 Å². The number of hydrogen-bond acceptors (Lipinski definition) is 8. The van der Waals surface area contributed by atoms with Crippen LogP contribution in [-0.2, 0) is 11.3 Å². The summed E-state index contributed by atoms with van der Waals surface area (Å²) < 4.78 is 27.3. The molecule has 0 fully saturated rings. The number of para-hydroxylation sites is 1. The molecule has 2 N–H and O–H groups in total. The molecular weight excluding hydrogens is 578 g/mol. The van der Waals surface area contributed by atoms with Gasteiger partial charge < -0.3 is 29.4 Å². The summed E-state index contributed by atoms with van der Waals surface area (Å²) in [4.78, 5) is 26.6. The van der Waals surface area contributed by atoms with Crippen LogP contribution in [0.3, 0.4) is 0 Å². The van der Waals surface area contributed by atoms with E-state index in [0.29, 0.717) is 40.7 Å². The highest BCUT2D eigenvalue weighted by Crippen LogP contribution is 2.41. The molecule has 6 aromatic rings.